The molecule has 2 heteroatoms. The van der Waals surface area contributed by atoms with E-state index in [2.05, 4.69) is 49.9 Å². The van der Waals surface area contributed by atoms with Crippen LogP contribution >= 0.6 is 11.3 Å². The highest BCUT2D eigenvalue weighted by atomic mass is 32.1. The Morgan fingerprint density at radius 3 is 2.88 bits per heavy atom. The van der Waals surface area contributed by atoms with E-state index in [1.165, 1.54) is 20.5 Å². The number of hydrogen-bond acceptors (Lipinski definition) is 2. The highest BCUT2D eigenvalue weighted by Gasteiger charge is 2.06. The van der Waals surface area contributed by atoms with Gasteiger partial charge in [-0.1, -0.05) is 49.9 Å². The van der Waals surface area contributed by atoms with Gasteiger partial charge >= 0.3 is 0 Å². The Labute approximate surface area is 106 Å². The fourth-order valence-corrected chi connectivity index (χ4v) is 2.81. The van der Waals surface area contributed by atoms with Crippen LogP contribution in [-0.4, -0.2) is 6.04 Å². The van der Waals surface area contributed by atoms with Crippen LogP contribution < -0.4 is 5.73 Å². The summed E-state index contributed by atoms with van der Waals surface area (Å²) in [7, 11) is 0. The highest BCUT2D eigenvalue weighted by molar-refractivity contribution is 7.20. The minimum absolute atomic E-state index is 0.131. The molecular formula is C15H17NS. The summed E-state index contributed by atoms with van der Waals surface area (Å²) in [6, 6.07) is 8.56. The van der Waals surface area contributed by atoms with Gasteiger partial charge in [-0.3, -0.25) is 0 Å². The molecule has 0 fully saturated rings. The minimum Gasteiger partial charge on any atom is -0.324 e. The number of rotatable bonds is 4. The zero-order valence-corrected chi connectivity index (χ0v) is 10.8. The van der Waals surface area contributed by atoms with Crippen LogP contribution in [0.1, 0.15) is 23.8 Å². The van der Waals surface area contributed by atoms with E-state index in [1.54, 1.807) is 11.3 Å². The number of nitrogens with two attached hydrogens (primary N) is 1. The van der Waals surface area contributed by atoms with Gasteiger partial charge in [-0.05, 0) is 12.5 Å². The average molecular weight is 243 g/mol. The molecule has 1 aromatic heterocycles. The van der Waals surface area contributed by atoms with E-state index < -0.39 is 0 Å². The topological polar surface area (TPSA) is 26.0 Å². The number of thiophene rings is 1. The van der Waals surface area contributed by atoms with E-state index in [9.17, 15) is 0 Å². The molecule has 0 aliphatic heterocycles. The fraction of sp³-hybridized carbons (Fsp3) is 0.200. The molecule has 17 heavy (non-hydrogen) atoms. The van der Waals surface area contributed by atoms with Crippen molar-refractivity contribution >= 4 is 33.6 Å². The third-order valence-electron chi connectivity index (χ3n) is 2.83. The normalized spacial score (nSPS) is 13.3. The van der Waals surface area contributed by atoms with E-state index in [1.807, 2.05) is 6.08 Å². The van der Waals surface area contributed by atoms with E-state index in [4.69, 9.17) is 5.73 Å². The molecule has 0 saturated heterocycles. The monoisotopic (exact) mass is 243 g/mol. The molecule has 2 N–H and O–H groups in total. The van der Waals surface area contributed by atoms with Gasteiger partial charge in [-0.2, -0.15) is 0 Å². The van der Waals surface area contributed by atoms with Crippen molar-refractivity contribution in [2.75, 3.05) is 0 Å². The smallest absolute Gasteiger partial charge is 0.0355 e. The molecule has 2 rings (SSSR count). The molecule has 0 aliphatic carbocycles. The lowest BCUT2D eigenvalue weighted by Crippen LogP contribution is -2.14. The lowest BCUT2D eigenvalue weighted by molar-refractivity contribution is 0.785. The van der Waals surface area contributed by atoms with Crippen molar-refractivity contribution in [3.05, 3.63) is 47.4 Å². The van der Waals surface area contributed by atoms with Crippen LogP contribution in [0.15, 0.2) is 36.9 Å². The van der Waals surface area contributed by atoms with Crippen molar-refractivity contribution in [1.82, 2.24) is 0 Å². The molecule has 0 saturated carbocycles. The van der Waals surface area contributed by atoms with E-state index >= 15 is 0 Å². The van der Waals surface area contributed by atoms with Gasteiger partial charge in [0.25, 0.3) is 0 Å². The second kappa shape index (κ2) is 5.30. The van der Waals surface area contributed by atoms with Crippen LogP contribution in [0.4, 0.5) is 0 Å². The molecule has 0 bridgehead atoms. The molecular weight excluding hydrogens is 226 g/mol. The molecule has 2 aromatic rings. The second-order valence-electron chi connectivity index (χ2n) is 4.01. The molecule has 1 aromatic carbocycles. The molecule has 0 amide bonds. The summed E-state index contributed by atoms with van der Waals surface area (Å²) >= 11 is 1.77. The summed E-state index contributed by atoms with van der Waals surface area (Å²) in [6.07, 6.45) is 7.08. The van der Waals surface area contributed by atoms with Crippen LogP contribution in [0.5, 0.6) is 0 Å². The van der Waals surface area contributed by atoms with Gasteiger partial charge in [-0.25, -0.2) is 0 Å². The minimum atomic E-state index is 0.131. The number of hydrogen-bond donors (Lipinski definition) is 1. The molecule has 0 aliphatic rings. The maximum Gasteiger partial charge on any atom is 0.0355 e. The first-order valence-electron chi connectivity index (χ1n) is 5.84. The van der Waals surface area contributed by atoms with Crippen LogP contribution in [0, 0.1) is 0 Å². The fourth-order valence-electron chi connectivity index (χ4n) is 1.76. The van der Waals surface area contributed by atoms with E-state index in [0.717, 1.165) is 6.42 Å². The first-order chi connectivity index (χ1) is 8.26. The SMILES string of the molecule is C=Cc1sc2ccccc2c1/C=C\C(N)CC. The summed E-state index contributed by atoms with van der Waals surface area (Å²) in [6.45, 7) is 5.97. The summed E-state index contributed by atoms with van der Waals surface area (Å²) in [5.41, 5.74) is 7.16. The highest BCUT2D eigenvalue weighted by Crippen LogP contribution is 2.32. The lowest BCUT2D eigenvalue weighted by atomic mass is 10.1. The van der Waals surface area contributed by atoms with Crippen LogP contribution in [0.25, 0.3) is 22.2 Å². The zero-order chi connectivity index (χ0) is 12.3. The van der Waals surface area contributed by atoms with E-state index in [0.29, 0.717) is 0 Å². The van der Waals surface area contributed by atoms with Crippen molar-refractivity contribution in [1.29, 1.82) is 0 Å². The molecule has 1 unspecified atom stereocenters. The maximum absolute atomic E-state index is 5.92. The summed E-state index contributed by atoms with van der Waals surface area (Å²) in [5.74, 6) is 0. The largest absolute Gasteiger partial charge is 0.324 e. The summed E-state index contributed by atoms with van der Waals surface area (Å²) < 4.78 is 1.30. The number of fused-ring (bicyclic) bond motifs is 1. The van der Waals surface area contributed by atoms with Crippen LogP contribution in [0.3, 0.4) is 0 Å². The lowest BCUT2D eigenvalue weighted by Gasteiger charge is -2.00. The first-order valence-corrected chi connectivity index (χ1v) is 6.65. The predicted molar refractivity (Wildman–Crippen MR) is 79.2 cm³/mol. The Bertz CT molecular complexity index is 551. The van der Waals surface area contributed by atoms with Crippen molar-refractivity contribution in [3.8, 4) is 0 Å². The second-order valence-corrected chi connectivity index (χ2v) is 5.10. The molecule has 1 atom stereocenters. The van der Waals surface area contributed by atoms with Crippen molar-refractivity contribution in [2.45, 2.75) is 19.4 Å². The van der Waals surface area contributed by atoms with Gasteiger partial charge < -0.3 is 5.73 Å². The third-order valence-corrected chi connectivity index (χ3v) is 4.01. The van der Waals surface area contributed by atoms with Gasteiger partial charge in [0.1, 0.15) is 0 Å². The molecule has 88 valence electrons. The first kappa shape index (κ1) is 12.1. The Balaban J connectivity index is 2.50. The van der Waals surface area contributed by atoms with Crippen molar-refractivity contribution in [3.63, 3.8) is 0 Å². The number of benzene rings is 1. The summed E-state index contributed by atoms with van der Waals surface area (Å²) in [4.78, 5) is 1.21. The molecule has 0 radical (unpaired) electrons. The Morgan fingerprint density at radius 2 is 2.18 bits per heavy atom. The Hall–Kier alpha value is -1.38. The van der Waals surface area contributed by atoms with Gasteiger partial charge in [-0.15, -0.1) is 11.3 Å². The van der Waals surface area contributed by atoms with Gasteiger partial charge in [0, 0.05) is 26.6 Å². The van der Waals surface area contributed by atoms with Gasteiger partial charge in [0.2, 0.25) is 0 Å². The third kappa shape index (κ3) is 2.48. The molecule has 0 spiro atoms. The van der Waals surface area contributed by atoms with Gasteiger partial charge in [0.15, 0.2) is 0 Å². The maximum atomic E-state index is 5.92. The van der Waals surface area contributed by atoms with Gasteiger partial charge in [0.05, 0.1) is 0 Å². The van der Waals surface area contributed by atoms with Crippen molar-refractivity contribution in [2.24, 2.45) is 5.73 Å². The van der Waals surface area contributed by atoms with Crippen molar-refractivity contribution < 1.29 is 0 Å². The van der Waals surface area contributed by atoms with Crippen LogP contribution in [-0.2, 0) is 0 Å². The Morgan fingerprint density at radius 1 is 1.41 bits per heavy atom. The average Bonchev–Trinajstić information content (AvgIpc) is 2.73. The quantitative estimate of drug-likeness (QED) is 0.851. The Kier molecular flexibility index (Phi) is 3.77. The molecule has 1 nitrogen and oxygen atoms in total. The van der Waals surface area contributed by atoms with E-state index in [-0.39, 0.29) is 6.04 Å². The predicted octanol–water partition coefficient (Wildman–Crippen LogP) is 4.29. The molecule has 1 heterocycles. The summed E-state index contributed by atoms with van der Waals surface area (Å²) in [5, 5.41) is 1.28. The zero-order valence-electron chi connectivity index (χ0n) is 10.0. The van der Waals surface area contributed by atoms with Crippen LogP contribution in [0.2, 0.25) is 0 Å². The standard InChI is InChI=1S/C15H17NS/c1-3-11(16)9-10-13-12-7-5-6-8-15(12)17-14(13)4-2/h4-11H,2-3,16H2,1H3/b10-9-.